The Morgan fingerprint density at radius 1 is 0.917 bits per heavy atom. The molecule has 1 fully saturated rings. The van der Waals surface area contributed by atoms with Gasteiger partial charge in [0, 0.05) is 5.92 Å². The first kappa shape index (κ1) is 29.8. The zero-order valence-electron chi connectivity index (χ0n) is 19.4. The largest absolute Gasteiger partial charge is 0.573 e. The van der Waals surface area contributed by atoms with Crippen LogP contribution in [0.5, 0.6) is 5.75 Å². The maximum absolute atomic E-state index is 12.9. The number of hydrogen-bond donors (Lipinski definition) is 1. The van der Waals surface area contributed by atoms with Crippen LogP contribution in [-0.4, -0.2) is 24.5 Å². The van der Waals surface area contributed by atoms with Crippen molar-refractivity contribution in [2.24, 2.45) is 17.6 Å². The number of ether oxygens (including phenoxy) is 2. The molecular weight excluding hydrogens is 512 g/mol. The average molecular weight is 540 g/mol. The second-order valence-electron chi connectivity index (χ2n) is 8.90. The summed E-state index contributed by atoms with van der Waals surface area (Å²) < 4.78 is 85.7. The van der Waals surface area contributed by atoms with Crippen molar-refractivity contribution >= 4 is 18.4 Å². The Morgan fingerprint density at radius 3 is 2.03 bits per heavy atom. The summed E-state index contributed by atoms with van der Waals surface area (Å²) in [6, 6.07) is 9.67. The van der Waals surface area contributed by atoms with Crippen LogP contribution in [0.3, 0.4) is 0 Å². The molecule has 1 heterocycles. The van der Waals surface area contributed by atoms with Crippen LogP contribution in [0.1, 0.15) is 42.9 Å². The standard InChI is InChI=1S/C25H27F6NO3.ClH/c1-15-21(14-17-7-11-20(12-8-17)35-25(29,30)31)18(3-2-4-22(32)23(33)34-15)13-16-5-9-19(10-6-16)24(26,27)28;/h5-12,15,18,21-22H,2-4,13-14,32H2,1H3;1H/t15-,18+,21-,22-;/m0./s1. The molecule has 1 aliphatic heterocycles. The molecule has 1 saturated heterocycles. The van der Waals surface area contributed by atoms with Crippen LogP contribution in [-0.2, 0) is 28.5 Å². The Bertz CT molecular complexity index is 979. The molecule has 0 radical (unpaired) electrons. The van der Waals surface area contributed by atoms with E-state index in [-0.39, 0.29) is 30.0 Å². The summed E-state index contributed by atoms with van der Waals surface area (Å²) in [6.07, 6.45) is -7.23. The van der Waals surface area contributed by atoms with Crippen molar-refractivity contribution in [3.8, 4) is 5.75 Å². The summed E-state index contributed by atoms with van der Waals surface area (Å²) in [4.78, 5) is 12.3. The van der Waals surface area contributed by atoms with Crippen LogP contribution in [0.2, 0.25) is 0 Å². The van der Waals surface area contributed by atoms with Gasteiger partial charge in [-0.15, -0.1) is 25.6 Å². The van der Waals surface area contributed by atoms with Gasteiger partial charge in [0.1, 0.15) is 17.9 Å². The van der Waals surface area contributed by atoms with E-state index >= 15 is 0 Å². The van der Waals surface area contributed by atoms with Crippen molar-refractivity contribution in [1.29, 1.82) is 0 Å². The summed E-state index contributed by atoms with van der Waals surface area (Å²) in [5.41, 5.74) is 6.61. The highest BCUT2D eigenvalue weighted by molar-refractivity contribution is 5.85. The third-order valence-corrected chi connectivity index (χ3v) is 6.31. The van der Waals surface area contributed by atoms with Crippen LogP contribution < -0.4 is 10.5 Å². The van der Waals surface area contributed by atoms with Gasteiger partial charge >= 0.3 is 18.5 Å². The molecule has 0 amide bonds. The van der Waals surface area contributed by atoms with Crippen LogP contribution in [0.15, 0.2) is 48.5 Å². The highest BCUT2D eigenvalue weighted by atomic mass is 35.5. The Morgan fingerprint density at radius 2 is 1.47 bits per heavy atom. The summed E-state index contributed by atoms with van der Waals surface area (Å²) in [5.74, 6) is -1.17. The monoisotopic (exact) mass is 539 g/mol. The van der Waals surface area contributed by atoms with E-state index < -0.39 is 36.2 Å². The summed E-state index contributed by atoms with van der Waals surface area (Å²) in [7, 11) is 0. The lowest BCUT2D eigenvalue weighted by molar-refractivity contribution is -0.274. The molecule has 4 atom stereocenters. The van der Waals surface area contributed by atoms with Gasteiger partial charge in [0.15, 0.2) is 0 Å². The zero-order chi connectivity index (χ0) is 25.8. The number of cyclic esters (lactones) is 1. The fourth-order valence-corrected chi connectivity index (χ4v) is 4.49. The number of alkyl halides is 6. The van der Waals surface area contributed by atoms with Crippen LogP contribution >= 0.6 is 12.4 Å². The van der Waals surface area contributed by atoms with Crippen LogP contribution in [0.25, 0.3) is 0 Å². The minimum atomic E-state index is -4.80. The molecule has 0 aromatic heterocycles. The highest BCUT2D eigenvalue weighted by Crippen LogP contribution is 2.34. The van der Waals surface area contributed by atoms with Gasteiger partial charge in [0.05, 0.1) is 5.56 Å². The van der Waals surface area contributed by atoms with E-state index in [2.05, 4.69) is 4.74 Å². The summed E-state index contributed by atoms with van der Waals surface area (Å²) >= 11 is 0. The smallest absolute Gasteiger partial charge is 0.461 e. The van der Waals surface area contributed by atoms with E-state index in [1.807, 2.05) is 0 Å². The average Bonchev–Trinajstić information content (AvgIpc) is 2.80. The van der Waals surface area contributed by atoms with E-state index in [4.69, 9.17) is 10.5 Å². The number of esters is 1. The molecule has 36 heavy (non-hydrogen) atoms. The normalized spacial score (nSPS) is 23.5. The van der Waals surface area contributed by atoms with E-state index in [1.54, 1.807) is 6.92 Å². The first-order valence-corrected chi connectivity index (χ1v) is 11.3. The number of rotatable bonds is 5. The first-order chi connectivity index (χ1) is 16.3. The number of halogens is 7. The van der Waals surface area contributed by atoms with Gasteiger partial charge in [-0.25, -0.2) is 0 Å². The fourth-order valence-electron chi connectivity index (χ4n) is 4.49. The highest BCUT2D eigenvalue weighted by Gasteiger charge is 2.34. The Hall–Kier alpha value is -2.46. The molecule has 2 N–H and O–H groups in total. The molecule has 11 heteroatoms. The van der Waals surface area contributed by atoms with Crippen LogP contribution in [0, 0.1) is 11.8 Å². The van der Waals surface area contributed by atoms with Gasteiger partial charge in [0.2, 0.25) is 0 Å². The number of nitrogens with two attached hydrogens (primary N) is 1. The van der Waals surface area contributed by atoms with Crippen molar-refractivity contribution in [2.45, 2.75) is 63.7 Å². The molecule has 200 valence electrons. The Balaban J connectivity index is 0.00000456. The summed E-state index contributed by atoms with van der Waals surface area (Å²) in [5, 5.41) is 0. The Labute approximate surface area is 211 Å². The Kier molecular flexibility index (Phi) is 10.1. The molecule has 0 spiro atoms. The molecule has 0 unspecified atom stereocenters. The van der Waals surface area contributed by atoms with Crippen molar-refractivity contribution in [1.82, 2.24) is 0 Å². The second-order valence-corrected chi connectivity index (χ2v) is 8.90. The molecule has 2 aromatic rings. The maximum Gasteiger partial charge on any atom is 0.573 e. The third kappa shape index (κ3) is 8.58. The SMILES string of the molecule is C[C@@H]1OC(=O)[C@@H](N)CCC[C@H](Cc2ccc(C(F)(F)F)cc2)[C@H]1Cc1ccc(OC(F)(F)F)cc1.Cl. The lowest BCUT2D eigenvalue weighted by Crippen LogP contribution is -2.37. The number of carbonyl (C=O) groups is 1. The molecule has 1 aliphatic rings. The number of hydrogen-bond acceptors (Lipinski definition) is 4. The van der Waals surface area contributed by atoms with Crippen molar-refractivity contribution < 1.29 is 40.6 Å². The first-order valence-electron chi connectivity index (χ1n) is 11.3. The fraction of sp³-hybridized carbons (Fsp3) is 0.480. The van der Waals surface area contributed by atoms with Crippen LogP contribution in [0.4, 0.5) is 26.3 Å². The van der Waals surface area contributed by atoms with E-state index in [1.165, 1.54) is 36.4 Å². The minimum Gasteiger partial charge on any atom is -0.461 e. The molecular formula is C25H28ClF6NO3. The third-order valence-electron chi connectivity index (χ3n) is 6.31. The van der Waals surface area contributed by atoms with Crippen molar-refractivity contribution in [2.75, 3.05) is 0 Å². The number of carbonyl (C=O) groups excluding carboxylic acids is 1. The maximum atomic E-state index is 12.9. The quantitative estimate of drug-likeness (QED) is 0.349. The molecule has 3 rings (SSSR count). The van der Waals surface area contributed by atoms with E-state index in [9.17, 15) is 31.1 Å². The van der Waals surface area contributed by atoms with Gasteiger partial charge in [-0.05, 0) is 73.9 Å². The van der Waals surface area contributed by atoms with Gasteiger partial charge in [-0.1, -0.05) is 30.7 Å². The van der Waals surface area contributed by atoms with E-state index in [0.717, 1.165) is 12.1 Å². The lowest BCUT2D eigenvalue weighted by atomic mass is 9.77. The predicted octanol–water partition coefficient (Wildman–Crippen LogP) is 6.49. The molecule has 0 saturated carbocycles. The van der Waals surface area contributed by atoms with Crippen molar-refractivity contribution in [3.05, 3.63) is 65.2 Å². The molecule has 4 nitrogen and oxygen atoms in total. The van der Waals surface area contributed by atoms with Gasteiger partial charge < -0.3 is 15.2 Å². The lowest BCUT2D eigenvalue weighted by Gasteiger charge is -2.31. The van der Waals surface area contributed by atoms with Gasteiger partial charge in [-0.2, -0.15) is 13.2 Å². The summed E-state index contributed by atoms with van der Waals surface area (Å²) in [6.45, 7) is 1.74. The van der Waals surface area contributed by atoms with E-state index in [0.29, 0.717) is 43.2 Å². The van der Waals surface area contributed by atoms with Gasteiger partial charge in [0.25, 0.3) is 0 Å². The zero-order valence-corrected chi connectivity index (χ0v) is 20.3. The molecule has 0 aliphatic carbocycles. The molecule has 2 aromatic carbocycles. The minimum absolute atomic E-state index is 0. The number of benzene rings is 2. The molecule has 0 bridgehead atoms. The predicted molar refractivity (Wildman–Crippen MR) is 124 cm³/mol. The van der Waals surface area contributed by atoms with Gasteiger partial charge in [-0.3, -0.25) is 4.79 Å². The topological polar surface area (TPSA) is 61.5 Å². The second kappa shape index (κ2) is 12.2. The van der Waals surface area contributed by atoms with Crippen molar-refractivity contribution in [3.63, 3.8) is 0 Å².